The summed E-state index contributed by atoms with van der Waals surface area (Å²) in [7, 11) is 2.93. The number of anilines is 1. The Morgan fingerprint density at radius 1 is 1.32 bits per heavy atom. The zero-order valence-corrected chi connectivity index (χ0v) is 12.1. The fraction of sp³-hybridized carbons (Fsp3) is 0.583. The molecule has 4 N–H and O–H groups in total. The topological polar surface area (TPSA) is 138 Å². The van der Waals surface area contributed by atoms with Gasteiger partial charge in [0.05, 0.1) is 20.0 Å². The van der Waals surface area contributed by atoms with Crippen molar-refractivity contribution in [2.75, 3.05) is 26.6 Å². The van der Waals surface area contributed by atoms with Gasteiger partial charge < -0.3 is 30.2 Å². The zero-order valence-electron chi connectivity index (χ0n) is 12.1. The van der Waals surface area contributed by atoms with Gasteiger partial charge in [0.1, 0.15) is 18.3 Å². The fourth-order valence-corrected chi connectivity index (χ4v) is 2.50. The number of imidazole rings is 1. The summed E-state index contributed by atoms with van der Waals surface area (Å²) in [6.07, 6.45) is -2.32. The lowest BCUT2D eigenvalue weighted by Crippen LogP contribution is -2.33. The van der Waals surface area contributed by atoms with Crippen molar-refractivity contribution in [3.8, 4) is 5.88 Å². The lowest BCUT2D eigenvalue weighted by atomic mass is 10.1. The molecule has 0 amide bonds. The predicted octanol–water partition coefficient (Wildman–Crippen LogP) is -1.32. The molecule has 0 unspecified atom stereocenters. The van der Waals surface area contributed by atoms with Crippen LogP contribution in [-0.4, -0.2) is 68.9 Å². The van der Waals surface area contributed by atoms with E-state index in [1.165, 1.54) is 25.1 Å². The van der Waals surface area contributed by atoms with Crippen molar-refractivity contribution in [3.05, 3.63) is 6.33 Å². The van der Waals surface area contributed by atoms with Crippen LogP contribution in [0.5, 0.6) is 5.88 Å². The Kier molecular flexibility index (Phi) is 3.83. The monoisotopic (exact) mass is 311 g/mol. The highest BCUT2D eigenvalue weighted by Gasteiger charge is 2.44. The van der Waals surface area contributed by atoms with Crippen LogP contribution >= 0.6 is 0 Å². The summed E-state index contributed by atoms with van der Waals surface area (Å²) in [6.45, 7) is 0.155. The second-order valence-corrected chi connectivity index (χ2v) is 4.92. The molecule has 4 atom stereocenters. The van der Waals surface area contributed by atoms with Gasteiger partial charge in [0.2, 0.25) is 11.8 Å². The molecule has 0 aliphatic carbocycles. The molecule has 1 fully saturated rings. The zero-order chi connectivity index (χ0) is 15.9. The van der Waals surface area contributed by atoms with Gasteiger partial charge in [-0.2, -0.15) is 9.97 Å². The minimum Gasteiger partial charge on any atom is -0.479 e. The van der Waals surface area contributed by atoms with Crippen LogP contribution < -0.4 is 10.5 Å². The van der Waals surface area contributed by atoms with E-state index >= 15 is 0 Å². The molecule has 120 valence electrons. The highest BCUT2D eigenvalue weighted by Crippen LogP contribution is 2.33. The number of nitrogen functional groups attached to an aromatic ring is 1. The van der Waals surface area contributed by atoms with Crippen molar-refractivity contribution in [2.45, 2.75) is 24.5 Å². The number of nitrogens with two attached hydrogens (primary N) is 1. The first-order chi connectivity index (χ1) is 10.6. The van der Waals surface area contributed by atoms with E-state index in [1.807, 2.05) is 0 Å². The van der Waals surface area contributed by atoms with Crippen LogP contribution in [0.1, 0.15) is 6.23 Å². The lowest BCUT2D eigenvalue weighted by molar-refractivity contribution is -0.0580. The molecule has 10 nitrogen and oxygen atoms in total. The molecular formula is C12H17N5O5. The molecule has 10 heteroatoms. The van der Waals surface area contributed by atoms with Crippen LogP contribution in [0.2, 0.25) is 0 Å². The Bertz CT molecular complexity index is 677. The molecule has 2 aromatic rings. The number of hydrogen-bond acceptors (Lipinski definition) is 9. The normalized spacial score (nSPS) is 28.4. The third-order valence-electron chi connectivity index (χ3n) is 3.54. The van der Waals surface area contributed by atoms with Crippen molar-refractivity contribution >= 4 is 17.1 Å². The maximum Gasteiger partial charge on any atom is 0.246 e. The number of fused-ring (bicyclic) bond motifs is 1. The van der Waals surface area contributed by atoms with Crippen molar-refractivity contribution in [2.24, 2.45) is 0 Å². The number of aliphatic hydroxyl groups is 2. The number of hydrogen-bond donors (Lipinski definition) is 3. The van der Waals surface area contributed by atoms with E-state index in [0.717, 1.165) is 0 Å². The summed E-state index contributed by atoms with van der Waals surface area (Å²) in [4.78, 5) is 12.2. The third-order valence-corrected chi connectivity index (χ3v) is 3.54. The lowest BCUT2D eigenvalue weighted by Gasteiger charge is -2.16. The number of ether oxygens (including phenoxy) is 3. The number of aromatic nitrogens is 4. The molecular weight excluding hydrogens is 294 g/mol. The minimum absolute atomic E-state index is 0.00702. The van der Waals surface area contributed by atoms with Crippen LogP contribution in [0.3, 0.4) is 0 Å². The Morgan fingerprint density at radius 3 is 2.77 bits per heavy atom. The second kappa shape index (κ2) is 5.65. The molecule has 3 rings (SSSR count). The van der Waals surface area contributed by atoms with Gasteiger partial charge in [0.25, 0.3) is 0 Å². The minimum atomic E-state index is -1.15. The molecule has 1 aliphatic rings. The van der Waals surface area contributed by atoms with Crippen LogP contribution in [-0.2, 0) is 9.47 Å². The Hall–Kier alpha value is -2.01. The van der Waals surface area contributed by atoms with E-state index in [4.69, 9.17) is 19.9 Å². The smallest absolute Gasteiger partial charge is 0.246 e. The molecule has 0 radical (unpaired) electrons. The van der Waals surface area contributed by atoms with Crippen molar-refractivity contribution in [1.82, 2.24) is 19.5 Å². The highest BCUT2D eigenvalue weighted by molar-refractivity contribution is 5.77. The van der Waals surface area contributed by atoms with Crippen molar-refractivity contribution < 1.29 is 24.4 Å². The summed E-state index contributed by atoms with van der Waals surface area (Å²) >= 11 is 0. The third kappa shape index (κ3) is 2.25. The molecule has 1 saturated heterocycles. The van der Waals surface area contributed by atoms with Gasteiger partial charge in [-0.15, -0.1) is 0 Å². The average Bonchev–Trinajstić information content (AvgIpc) is 3.03. The molecule has 2 aromatic heterocycles. The summed E-state index contributed by atoms with van der Waals surface area (Å²) in [6, 6.07) is 0. The number of aliphatic hydroxyl groups excluding tert-OH is 2. The first kappa shape index (κ1) is 14.9. The number of rotatable bonds is 4. The highest BCUT2D eigenvalue weighted by atomic mass is 16.6. The van der Waals surface area contributed by atoms with Crippen molar-refractivity contribution in [3.63, 3.8) is 0 Å². The Labute approximate surface area is 125 Å². The average molecular weight is 311 g/mol. The van der Waals surface area contributed by atoms with E-state index < -0.39 is 24.5 Å². The molecule has 0 spiro atoms. The quantitative estimate of drug-likeness (QED) is 0.627. The first-order valence-electron chi connectivity index (χ1n) is 6.61. The summed E-state index contributed by atoms with van der Waals surface area (Å²) in [5.41, 5.74) is 6.38. The summed E-state index contributed by atoms with van der Waals surface area (Å²) in [5.74, 6) is 0.232. The van der Waals surface area contributed by atoms with Gasteiger partial charge in [-0.25, -0.2) is 4.98 Å². The van der Waals surface area contributed by atoms with E-state index in [-0.39, 0.29) is 18.4 Å². The largest absolute Gasteiger partial charge is 0.479 e. The van der Waals surface area contributed by atoms with E-state index in [1.54, 1.807) is 0 Å². The standard InChI is InChI=1S/C12H17N5O5/c1-20-3-5-7(18)8(19)11(22-5)17-4-14-6-9(17)15-12(13)16-10(6)21-2/h4-5,7-8,11,18-19H,3H2,1-2H3,(H2,13,15,16)/t5-,7-,8+,11-/m1/s1. The van der Waals surface area contributed by atoms with Crippen LogP contribution in [0.25, 0.3) is 11.2 Å². The second-order valence-electron chi connectivity index (χ2n) is 4.92. The molecule has 22 heavy (non-hydrogen) atoms. The van der Waals surface area contributed by atoms with E-state index in [2.05, 4.69) is 15.0 Å². The molecule has 0 bridgehead atoms. The van der Waals surface area contributed by atoms with Gasteiger partial charge in [-0.1, -0.05) is 0 Å². The molecule has 0 aromatic carbocycles. The Morgan fingerprint density at radius 2 is 2.09 bits per heavy atom. The molecule has 1 aliphatic heterocycles. The molecule has 0 saturated carbocycles. The van der Waals surface area contributed by atoms with Gasteiger partial charge in [0.15, 0.2) is 17.4 Å². The van der Waals surface area contributed by atoms with E-state index in [9.17, 15) is 10.2 Å². The SMILES string of the molecule is COC[C@H]1O[C@@H](n2cnc3c(OC)nc(N)nc32)[C@@H](O)[C@@H]1O. The van der Waals surface area contributed by atoms with Crippen molar-refractivity contribution in [1.29, 1.82) is 0 Å². The van der Waals surface area contributed by atoms with Crippen LogP contribution in [0, 0.1) is 0 Å². The Balaban J connectivity index is 2.02. The van der Waals surface area contributed by atoms with Gasteiger partial charge in [0, 0.05) is 7.11 Å². The van der Waals surface area contributed by atoms with Crippen LogP contribution in [0.4, 0.5) is 5.95 Å². The van der Waals surface area contributed by atoms with Gasteiger partial charge >= 0.3 is 0 Å². The fourth-order valence-electron chi connectivity index (χ4n) is 2.50. The molecule has 3 heterocycles. The van der Waals surface area contributed by atoms with E-state index in [0.29, 0.717) is 11.2 Å². The summed E-state index contributed by atoms with van der Waals surface area (Å²) in [5, 5.41) is 20.2. The van der Waals surface area contributed by atoms with Gasteiger partial charge in [-0.3, -0.25) is 4.57 Å². The van der Waals surface area contributed by atoms with Gasteiger partial charge in [-0.05, 0) is 0 Å². The maximum atomic E-state index is 10.2. The first-order valence-corrected chi connectivity index (χ1v) is 6.61. The van der Waals surface area contributed by atoms with Crippen LogP contribution in [0.15, 0.2) is 6.33 Å². The number of nitrogens with zero attached hydrogens (tertiary/aromatic N) is 4. The predicted molar refractivity (Wildman–Crippen MR) is 74.1 cm³/mol. The maximum absolute atomic E-state index is 10.2. The summed E-state index contributed by atoms with van der Waals surface area (Å²) < 4.78 is 17.2. The number of methoxy groups -OCH3 is 2.